The average molecular weight is 308 g/mol. The number of para-hydroxylation sites is 1. The van der Waals surface area contributed by atoms with E-state index in [1.807, 2.05) is 35.2 Å². The summed E-state index contributed by atoms with van der Waals surface area (Å²) in [5.41, 5.74) is 1.54. The van der Waals surface area contributed by atoms with Crippen molar-refractivity contribution >= 4 is 23.1 Å². The summed E-state index contributed by atoms with van der Waals surface area (Å²) in [4.78, 5) is 18.9. The Bertz CT molecular complexity index is 846. The van der Waals surface area contributed by atoms with Gasteiger partial charge in [-0.05, 0) is 25.5 Å². The third-order valence-electron chi connectivity index (χ3n) is 4.11. The summed E-state index contributed by atoms with van der Waals surface area (Å²) in [6, 6.07) is 9.53. The summed E-state index contributed by atoms with van der Waals surface area (Å²) in [6.07, 6.45) is 5.76. The molecule has 1 amide bonds. The summed E-state index contributed by atoms with van der Waals surface area (Å²) in [5, 5.41) is 11.1. The largest absolute Gasteiger partial charge is 0.355 e. The van der Waals surface area contributed by atoms with E-state index in [0.29, 0.717) is 17.9 Å². The minimum absolute atomic E-state index is 0.0482. The van der Waals surface area contributed by atoms with Crippen molar-refractivity contribution in [3.05, 3.63) is 49.1 Å². The number of rotatable bonds is 3. The van der Waals surface area contributed by atoms with Gasteiger partial charge < -0.3 is 10.2 Å². The second-order valence-corrected chi connectivity index (χ2v) is 5.66. The molecule has 1 aromatic carbocycles. The molecule has 2 aromatic heterocycles. The van der Waals surface area contributed by atoms with Gasteiger partial charge in [0.05, 0.1) is 0 Å². The zero-order valence-electron chi connectivity index (χ0n) is 12.6. The minimum Gasteiger partial charge on any atom is -0.355 e. The predicted molar refractivity (Wildman–Crippen MR) is 86.2 cm³/mol. The normalized spacial score (nSPS) is 21.1. The molecule has 0 bridgehead atoms. The van der Waals surface area contributed by atoms with Crippen molar-refractivity contribution in [2.45, 2.75) is 25.4 Å². The first-order chi connectivity index (χ1) is 11.2. The van der Waals surface area contributed by atoms with E-state index in [9.17, 15) is 4.79 Å². The van der Waals surface area contributed by atoms with Gasteiger partial charge in [-0.25, -0.2) is 4.98 Å². The van der Waals surface area contributed by atoms with E-state index in [4.69, 9.17) is 0 Å². The third kappa shape index (κ3) is 2.30. The fraction of sp³-hybridized carbons (Fsp3) is 0.250. The molecular weight excluding hydrogens is 292 g/mol. The van der Waals surface area contributed by atoms with E-state index in [0.717, 1.165) is 5.69 Å². The van der Waals surface area contributed by atoms with Crippen LogP contribution in [-0.2, 0) is 4.79 Å². The maximum Gasteiger partial charge on any atom is 0.249 e. The van der Waals surface area contributed by atoms with E-state index >= 15 is 0 Å². The smallest absolute Gasteiger partial charge is 0.249 e. The average Bonchev–Trinajstić information content (AvgIpc) is 3.14. The Kier molecular flexibility index (Phi) is 3.18. The van der Waals surface area contributed by atoms with E-state index in [1.165, 1.54) is 0 Å². The highest BCUT2D eigenvalue weighted by Crippen LogP contribution is 2.28. The number of nitrogens with zero attached hydrogens (tertiary/aromatic N) is 5. The Hall–Kier alpha value is -2.96. The number of anilines is 2. The molecule has 1 aliphatic heterocycles. The Balaban J connectivity index is 1.61. The van der Waals surface area contributed by atoms with Crippen LogP contribution in [0.4, 0.5) is 11.5 Å². The van der Waals surface area contributed by atoms with Gasteiger partial charge in [0.15, 0.2) is 5.82 Å². The number of aromatic nitrogens is 4. The summed E-state index contributed by atoms with van der Waals surface area (Å²) in [6.45, 7) is 2.05. The second kappa shape index (κ2) is 5.35. The number of fused-ring (bicyclic) bond motifs is 1. The lowest BCUT2D eigenvalue weighted by Crippen LogP contribution is -2.35. The van der Waals surface area contributed by atoms with E-state index in [-0.39, 0.29) is 18.0 Å². The van der Waals surface area contributed by atoms with E-state index in [1.54, 1.807) is 23.1 Å². The molecule has 0 radical (unpaired) electrons. The molecule has 7 nitrogen and oxygen atoms in total. The van der Waals surface area contributed by atoms with Crippen molar-refractivity contribution in [2.24, 2.45) is 0 Å². The highest BCUT2D eigenvalue weighted by Gasteiger charge is 2.38. The quantitative estimate of drug-likeness (QED) is 0.797. The first-order valence-corrected chi connectivity index (χ1v) is 7.53. The van der Waals surface area contributed by atoms with Crippen LogP contribution in [0, 0.1) is 0 Å². The molecule has 4 rings (SSSR count). The molecule has 23 heavy (non-hydrogen) atoms. The van der Waals surface area contributed by atoms with Gasteiger partial charge in [0.1, 0.15) is 12.4 Å². The van der Waals surface area contributed by atoms with Crippen LogP contribution in [0.3, 0.4) is 0 Å². The minimum atomic E-state index is -0.319. The Morgan fingerprint density at radius 2 is 2.09 bits per heavy atom. The Morgan fingerprint density at radius 1 is 1.26 bits per heavy atom. The molecule has 1 saturated heterocycles. The highest BCUT2D eigenvalue weighted by molar-refractivity contribution is 6.01. The number of hydrogen-bond donors (Lipinski definition) is 1. The van der Waals surface area contributed by atoms with Crippen molar-refractivity contribution in [3.8, 4) is 0 Å². The Morgan fingerprint density at radius 3 is 2.91 bits per heavy atom. The van der Waals surface area contributed by atoms with Crippen molar-refractivity contribution in [1.82, 2.24) is 19.6 Å². The van der Waals surface area contributed by atoms with Crippen LogP contribution in [-0.4, -0.2) is 37.6 Å². The van der Waals surface area contributed by atoms with Gasteiger partial charge in [-0.15, -0.1) is 10.2 Å². The predicted octanol–water partition coefficient (Wildman–Crippen LogP) is 1.73. The van der Waals surface area contributed by atoms with Gasteiger partial charge >= 0.3 is 0 Å². The van der Waals surface area contributed by atoms with Gasteiger partial charge in [0.25, 0.3) is 0 Å². The summed E-state index contributed by atoms with van der Waals surface area (Å²) in [7, 11) is 0. The van der Waals surface area contributed by atoms with Crippen LogP contribution in [0.15, 0.2) is 49.1 Å². The molecule has 1 N–H and O–H groups in total. The lowest BCUT2D eigenvalue weighted by Gasteiger charge is -2.21. The number of carbonyl (C=O) groups is 1. The van der Waals surface area contributed by atoms with Crippen LogP contribution in [0.1, 0.15) is 13.3 Å². The molecule has 2 atom stereocenters. The molecular formula is C16H16N6O. The second-order valence-electron chi connectivity index (χ2n) is 5.66. The van der Waals surface area contributed by atoms with Crippen LogP contribution in [0.5, 0.6) is 0 Å². The van der Waals surface area contributed by atoms with Crippen molar-refractivity contribution in [2.75, 3.05) is 10.2 Å². The number of nitrogens with one attached hydrogen (secondary N) is 1. The zero-order chi connectivity index (χ0) is 15.8. The monoisotopic (exact) mass is 308 g/mol. The van der Waals surface area contributed by atoms with E-state index in [2.05, 4.69) is 27.4 Å². The number of amides is 1. The van der Waals surface area contributed by atoms with Crippen molar-refractivity contribution in [3.63, 3.8) is 0 Å². The molecule has 2 unspecified atom stereocenters. The van der Waals surface area contributed by atoms with Gasteiger partial charge in [0, 0.05) is 24.1 Å². The Labute approximate surface area is 133 Å². The maximum atomic E-state index is 12.8. The van der Waals surface area contributed by atoms with Gasteiger partial charge in [-0.2, -0.15) is 0 Å². The lowest BCUT2D eigenvalue weighted by atomic mass is 10.2. The number of hydrogen-bond acceptors (Lipinski definition) is 5. The first kappa shape index (κ1) is 13.7. The van der Waals surface area contributed by atoms with Crippen LogP contribution in [0.25, 0.3) is 5.65 Å². The highest BCUT2D eigenvalue weighted by atomic mass is 16.2. The topological polar surface area (TPSA) is 75.4 Å². The van der Waals surface area contributed by atoms with Crippen LogP contribution < -0.4 is 10.2 Å². The standard InChI is InChI=1S/C16H16N6O/c1-11-9-13(16(23)22(11)12-5-3-2-4-6-12)19-14-15-20-18-10-21(15)8-7-17-14/h2-8,10-11,13H,9H2,1H3,(H,17,19). The molecule has 0 saturated carbocycles. The van der Waals surface area contributed by atoms with Crippen molar-refractivity contribution < 1.29 is 4.79 Å². The SMILES string of the molecule is CC1CC(Nc2nccn3cnnc23)C(=O)N1c1ccccc1. The van der Waals surface area contributed by atoms with Crippen LogP contribution in [0.2, 0.25) is 0 Å². The summed E-state index contributed by atoms with van der Waals surface area (Å²) < 4.78 is 1.77. The van der Waals surface area contributed by atoms with Gasteiger partial charge in [0.2, 0.25) is 11.6 Å². The number of carbonyl (C=O) groups excluding carboxylic acids is 1. The third-order valence-corrected chi connectivity index (χ3v) is 4.11. The fourth-order valence-electron chi connectivity index (χ4n) is 3.05. The van der Waals surface area contributed by atoms with Crippen LogP contribution >= 0.6 is 0 Å². The number of benzene rings is 1. The van der Waals surface area contributed by atoms with Gasteiger partial charge in [-0.3, -0.25) is 9.20 Å². The molecule has 7 heteroatoms. The van der Waals surface area contributed by atoms with Crippen molar-refractivity contribution in [1.29, 1.82) is 0 Å². The van der Waals surface area contributed by atoms with E-state index < -0.39 is 0 Å². The molecule has 3 aromatic rings. The fourth-order valence-corrected chi connectivity index (χ4v) is 3.05. The molecule has 1 fully saturated rings. The van der Waals surface area contributed by atoms with Gasteiger partial charge in [-0.1, -0.05) is 18.2 Å². The maximum absolute atomic E-state index is 12.8. The first-order valence-electron chi connectivity index (χ1n) is 7.53. The molecule has 3 heterocycles. The molecule has 116 valence electrons. The lowest BCUT2D eigenvalue weighted by molar-refractivity contribution is -0.117. The molecule has 0 aliphatic carbocycles. The summed E-state index contributed by atoms with van der Waals surface area (Å²) in [5.74, 6) is 0.623. The molecule has 0 spiro atoms. The molecule has 1 aliphatic rings. The zero-order valence-corrected chi connectivity index (χ0v) is 12.6. The summed E-state index contributed by atoms with van der Waals surface area (Å²) >= 11 is 0.